The van der Waals surface area contributed by atoms with Gasteiger partial charge in [0.05, 0.1) is 0 Å². The maximum absolute atomic E-state index is 10.3. The van der Waals surface area contributed by atoms with Crippen LogP contribution in [0.15, 0.2) is 72.9 Å². The Hall–Kier alpha value is -2.17. The average molecular weight is 360 g/mol. The van der Waals surface area contributed by atoms with Crippen molar-refractivity contribution in [1.82, 2.24) is 0 Å². The van der Waals surface area contributed by atoms with Crippen LogP contribution in [0.1, 0.15) is 51.9 Å². The van der Waals surface area contributed by atoms with E-state index in [2.05, 4.69) is 36.1 Å². The predicted octanol–water partition coefficient (Wildman–Crippen LogP) is 6.02. The molecule has 2 N–H and O–H groups in total. The number of aliphatic carboxylic acids is 1. The van der Waals surface area contributed by atoms with E-state index >= 15 is 0 Å². The van der Waals surface area contributed by atoms with E-state index in [1.54, 1.807) is 0 Å². The molecule has 0 saturated heterocycles. The largest absolute Gasteiger partial charge is 0.481 e. The molecule has 4 nitrogen and oxygen atoms in total. The molecule has 0 saturated carbocycles. The first-order valence-corrected chi connectivity index (χ1v) is 9.17. The van der Waals surface area contributed by atoms with Crippen molar-refractivity contribution in [3.8, 4) is 0 Å². The van der Waals surface area contributed by atoms with Gasteiger partial charge in [-0.2, -0.15) is 0 Å². The molecule has 0 bridgehead atoms. The number of carbonyl (C=O) groups is 1. The lowest BCUT2D eigenvalue weighted by atomic mass is 10.2. The van der Waals surface area contributed by atoms with Crippen molar-refractivity contribution in [2.45, 2.75) is 58.0 Å². The van der Waals surface area contributed by atoms with E-state index in [1.807, 2.05) is 48.6 Å². The molecule has 0 unspecified atom stereocenters. The van der Waals surface area contributed by atoms with Crippen LogP contribution in [0.25, 0.3) is 0 Å². The van der Waals surface area contributed by atoms with Crippen LogP contribution < -0.4 is 0 Å². The molecule has 0 aromatic heterocycles. The summed E-state index contributed by atoms with van der Waals surface area (Å²) >= 11 is 0. The van der Waals surface area contributed by atoms with Gasteiger partial charge in [-0.05, 0) is 38.5 Å². The topological polar surface area (TPSA) is 66.8 Å². The van der Waals surface area contributed by atoms with Gasteiger partial charge in [-0.3, -0.25) is 10.1 Å². The van der Waals surface area contributed by atoms with Gasteiger partial charge in [0, 0.05) is 6.42 Å². The Kier molecular flexibility index (Phi) is 17.6. The summed E-state index contributed by atoms with van der Waals surface area (Å²) in [7, 11) is 0. The van der Waals surface area contributed by atoms with Gasteiger partial charge in [-0.25, -0.2) is 4.89 Å². The molecule has 0 radical (unpaired) electrons. The smallest absolute Gasteiger partial charge is 0.303 e. The van der Waals surface area contributed by atoms with Gasteiger partial charge in [0.15, 0.2) is 0 Å². The molecule has 0 aromatic carbocycles. The average Bonchev–Trinajstić information content (AvgIpc) is 2.63. The molecular formula is C22H32O4. The molecule has 4 heteroatoms. The Bertz CT molecular complexity index is 510. The van der Waals surface area contributed by atoms with Crippen molar-refractivity contribution >= 4 is 5.97 Å². The van der Waals surface area contributed by atoms with Crippen molar-refractivity contribution in [2.75, 3.05) is 0 Å². The second kappa shape index (κ2) is 19.2. The van der Waals surface area contributed by atoms with Gasteiger partial charge in [-0.1, -0.05) is 79.8 Å². The fourth-order valence-corrected chi connectivity index (χ4v) is 1.95. The Morgan fingerprint density at radius 3 is 2.31 bits per heavy atom. The van der Waals surface area contributed by atoms with Crippen LogP contribution in [0.5, 0.6) is 0 Å². The van der Waals surface area contributed by atoms with Crippen molar-refractivity contribution in [3.63, 3.8) is 0 Å². The maximum Gasteiger partial charge on any atom is 0.303 e. The molecule has 0 amide bonds. The number of hydrogen-bond donors (Lipinski definition) is 2. The van der Waals surface area contributed by atoms with E-state index < -0.39 is 5.97 Å². The Morgan fingerprint density at radius 1 is 0.885 bits per heavy atom. The fraction of sp³-hybridized carbons (Fsp3) is 0.409. The SMILES string of the molecule is CC/C=C\C/C=C\C[C@@H](/C=C/C=C\C=C\CC/C=C\CCC(=O)O)OO. The highest BCUT2D eigenvalue weighted by atomic mass is 17.1. The molecule has 0 fully saturated rings. The van der Waals surface area contributed by atoms with Gasteiger partial charge in [0.25, 0.3) is 0 Å². The first-order valence-electron chi connectivity index (χ1n) is 9.17. The Morgan fingerprint density at radius 2 is 1.58 bits per heavy atom. The molecule has 144 valence electrons. The number of rotatable bonds is 15. The number of unbranched alkanes of at least 4 members (excludes halogenated alkanes) is 1. The zero-order valence-corrected chi connectivity index (χ0v) is 15.7. The monoisotopic (exact) mass is 360 g/mol. The first-order chi connectivity index (χ1) is 12.7. The van der Waals surface area contributed by atoms with Gasteiger partial charge in [0.2, 0.25) is 0 Å². The van der Waals surface area contributed by atoms with E-state index in [-0.39, 0.29) is 12.5 Å². The van der Waals surface area contributed by atoms with Crippen molar-refractivity contribution in [1.29, 1.82) is 0 Å². The van der Waals surface area contributed by atoms with E-state index in [0.29, 0.717) is 12.8 Å². The lowest BCUT2D eigenvalue weighted by Crippen LogP contribution is -2.04. The number of allylic oxidation sites excluding steroid dienone is 10. The second-order valence-electron chi connectivity index (χ2n) is 5.65. The van der Waals surface area contributed by atoms with Crippen LogP contribution in [0.4, 0.5) is 0 Å². The quantitative estimate of drug-likeness (QED) is 0.123. The van der Waals surface area contributed by atoms with Gasteiger partial charge in [-0.15, -0.1) is 0 Å². The van der Waals surface area contributed by atoms with E-state index in [9.17, 15) is 4.79 Å². The van der Waals surface area contributed by atoms with Crippen molar-refractivity contribution in [2.24, 2.45) is 0 Å². The van der Waals surface area contributed by atoms with Crippen LogP contribution in [-0.2, 0) is 9.68 Å². The third-order valence-electron chi connectivity index (χ3n) is 3.33. The minimum absolute atomic E-state index is 0.186. The third kappa shape index (κ3) is 18.2. The minimum Gasteiger partial charge on any atom is -0.481 e. The molecule has 0 heterocycles. The summed E-state index contributed by atoms with van der Waals surface area (Å²) in [4.78, 5) is 14.8. The highest BCUT2D eigenvalue weighted by Gasteiger charge is 1.99. The standard InChI is InChI=1S/C22H32O4/c1-2-3-4-5-12-15-18-21(26-25)19-16-13-10-8-6-7-9-11-14-17-20-22(23)24/h3-4,6,8,10-16,19,21,25H,2,5,7,9,17-18,20H2,1H3,(H,23,24)/b4-3-,8-6+,13-10-,14-11-,15-12-,19-16+/t21-/m0/s1. The lowest BCUT2D eigenvalue weighted by Gasteiger charge is -2.03. The number of carboxylic acid groups (broad SMARTS) is 1. The predicted molar refractivity (Wildman–Crippen MR) is 108 cm³/mol. The lowest BCUT2D eigenvalue weighted by molar-refractivity contribution is -0.264. The van der Waals surface area contributed by atoms with Gasteiger partial charge >= 0.3 is 5.97 Å². The van der Waals surface area contributed by atoms with E-state index in [0.717, 1.165) is 25.7 Å². The summed E-state index contributed by atoms with van der Waals surface area (Å²) in [6.07, 6.45) is 28.5. The third-order valence-corrected chi connectivity index (χ3v) is 3.33. The van der Waals surface area contributed by atoms with Crippen molar-refractivity contribution in [3.05, 3.63) is 72.9 Å². The summed E-state index contributed by atoms with van der Waals surface area (Å²) in [6, 6.07) is 0. The highest BCUT2D eigenvalue weighted by molar-refractivity contribution is 5.66. The van der Waals surface area contributed by atoms with Crippen LogP contribution in [-0.4, -0.2) is 22.4 Å². The molecule has 26 heavy (non-hydrogen) atoms. The normalized spacial score (nSPS) is 14.2. The van der Waals surface area contributed by atoms with Crippen LogP contribution in [0, 0.1) is 0 Å². The summed E-state index contributed by atoms with van der Waals surface area (Å²) in [6.45, 7) is 2.10. The highest BCUT2D eigenvalue weighted by Crippen LogP contribution is 2.02. The van der Waals surface area contributed by atoms with Crippen LogP contribution in [0.2, 0.25) is 0 Å². The summed E-state index contributed by atoms with van der Waals surface area (Å²) in [5.74, 6) is -0.762. The molecule has 0 aliphatic carbocycles. The molecule has 0 spiro atoms. The Balaban J connectivity index is 3.88. The Labute approximate surface area is 157 Å². The minimum atomic E-state index is -0.762. The van der Waals surface area contributed by atoms with Gasteiger partial charge < -0.3 is 5.11 Å². The molecule has 0 aromatic rings. The zero-order chi connectivity index (χ0) is 19.3. The molecule has 1 atom stereocenters. The van der Waals surface area contributed by atoms with Crippen LogP contribution >= 0.6 is 0 Å². The molecule has 0 aliphatic heterocycles. The molecule has 0 rings (SSSR count). The summed E-state index contributed by atoms with van der Waals surface area (Å²) in [5, 5.41) is 17.4. The summed E-state index contributed by atoms with van der Waals surface area (Å²) in [5.41, 5.74) is 0. The van der Waals surface area contributed by atoms with E-state index in [4.69, 9.17) is 10.4 Å². The first kappa shape index (κ1) is 23.8. The molecule has 0 aliphatic rings. The van der Waals surface area contributed by atoms with E-state index in [1.165, 1.54) is 0 Å². The zero-order valence-electron chi connectivity index (χ0n) is 15.7. The maximum atomic E-state index is 10.3. The van der Waals surface area contributed by atoms with Crippen molar-refractivity contribution < 1.29 is 20.0 Å². The molecular weight excluding hydrogens is 328 g/mol. The summed E-state index contributed by atoms with van der Waals surface area (Å²) < 4.78 is 0. The number of carboxylic acids is 1. The number of hydrogen-bond acceptors (Lipinski definition) is 3. The van der Waals surface area contributed by atoms with Gasteiger partial charge in [0.1, 0.15) is 6.10 Å². The fourth-order valence-electron chi connectivity index (χ4n) is 1.95. The van der Waals surface area contributed by atoms with Crippen LogP contribution in [0.3, 0.4) is 0 Å². The second-order valence-corrected chi connectivity index (χ2v) is 5.65.